The number of hydrogen-bond acceptors (Lipinski definition) is 4. The molecular weight excluding hydrogens is 267 g/mol. The molecule has 0 aromatic heterocycles. The van der Waals surface area contributed by atoms with E-state index in [4.69, 9.17) is 10.8 Å². The van der Waals surface area contributed by atoms with E-state index in [2.05, 4.69) is 4.74 Å². The molecule has 1 aromatic rings. The van der Waals surface area contributed by atoms with E-state index in [-0.39, 0.29) is 12.0 Å². The maximum Gasteiger partial charge on any atom is 0.420 e. The van der Waals surface area contributed by atoms with Crippen LogP contribution in [0.25, 0.3) is 0 Å². The lowest BCUT2D eigenvalue weighted by atomic mass is 10.0. The highest BCUT2D eigenvalue weighted by atomic mass is 19.4. The number of alkyl halides is 3. The average molecular weight is 279 g/mol. The number of methoxy groups -OCH3 is 1. The molecule has 0 amide bonds. The Morgan fingerprint density at radius 2 is 2.05 bits per heavy atom. The van der Waals surface area contributed by atoms with Crippen molar-refractivity contribution in [1.29, 1.82) is 0 Å². The van der Waals surface area contributed by atoms with Gasteiger partial charge in [0.15, 0.2) is 11.5 Å². The molecule has 0 saturated heterocycles. The summed E-state index contributed by atoms with van der Waals surface area (Å²) in [5.74, 6) is -2.82. The molecule has 19 heavy (non-hydrogen) atoms. The lowest BCUT2D eigenvalue weighted by molar-refractivity contribution is -0.139. The summed E-state index contributed by atoms with van der Waals surface area (Å²) < 4.78 is 42.4. The number of carboxylic acids is 1. The van der Waals surface area contributed by atoms with Gasteiger partial charge in [-0.05, 0) is 11.6 Å². The van der Waals surface area contributed by atoms with Gasteiger partial charge < -0.3 is 20.7 Å². The van der Waals surface area contributed by atoms with Crippen molar-refractivity contribution in [2.75, 3.05) is 7.11 Å². The Morgan fingerprint density at radius 3 is 2.47 bits per heavy atom. The smallest absolute Gasteiger partial charge is 0.420 e. The second-order valence-corrected chi connectivity index (χ2v) is 3.80. The molecule has 1 aromatic carbocycles. The molecule has 8 heteroatoms. The number of ether oxygens (including phenoxy) is 1. The molecule has 5 nitrogen and oxygen atoms in total. The molecule has 0 fully saturated rings. The number of halogens is 3. The van der Waals surface area contributed by atoms with Crippen LogP contribution in [0.3, 0.4) is 0 Å². The van der Waals surface area contributed by atoms with Crippen LogP contribution >= 0.6 is 0 Å². The van der Waals surface area contributed by atoms with Crippen LogP contribution in [0.1, 0.15) is 11.1 Å². The van der Waals surface area contributed by atoms with Crippen LogP contribution in [0.4, 0.5) is 13.2 Å². The van der Waals surface area contributed by atoms with E-state index >= 15 is 0 Å². The number of phenolic OH excluding ortho intramolecular Hbond substituents is 1. The number of phenols is 1. The second-order valence-electron chi connectivity index (χ2n) is 3.80. The number of nitrogens with two attached hydrogens (primary N) is 1. The summed E-state index contributed by atoms with van der Waals surface area (Å²) in [5.41, 5.74) is 4.09. The molecule has 0 aliphatic carbocycles. The summed E-state index contributed by atoms with van der Waals surface area (Å²) in [6.07, 6.45) is -4.99. The number of hydrogen-bond donors (Lipinski definition) is 3. The molecule has 0 saturated carbocycles. The predicted octanol–water partition coefficient (Wildman–Crippen LogP) is 1.37. The molecule has 0 aliphatic rings. The van der Waals surface area contributed by atoms with Crippen molar-refractivity contribution in [2.24, 2.45) is 5.73 Å². The van der Waals surface area contributed by atoms with Crippen LogP contribution in [0.2, 0.25) is 0 Å². The monoisotopic (exact) mass is 279 g/mol. The Labute approximate surface area is 106 Å². The van der Waals surface area contributed by atoms with Gasteiger partial charge in [-0.3, -0.25) is 4.79 Å². The van der Waals surface area contributed by atoms with Crippen LogP contribution in [0.15, 0.2) is 12.1 Å². The lowest BCUT2D eigenvalue weighted by Gasteiger charge is -2.16. The standard InChI is InChI=1S/C11H12F3NO4/c1-19-9-6(11(12,13)14)3-2-5(8(9)16)4-7(15)10(17)18/h2-3,7,16H,4,15H2,1H3,(H,17,18). The van der Waals surface area contributed by atoms with Crippen LogP contribution in [0, 0.1) is 0 Å². The van der Waals surface area contributed by atoms with Gasteiger partial charge in [0.25, 0.3) is 0 Å². The van der Waals surface area contributed by atoms with E-state index in [0.29, 0.717) is 6.07 Å². The quantitative estimate of drug-likeness (QED) is 0.774. The van der Waals surface area contributed by atoms with Crippen molar-refractivity contribution in [2.45, 2.75) is 18.6 Å². The average Bonchev–Trinajstić information content (AvgIpc) is 2.29. The Morgan fingerprint density at radius 1 is 1.47 bits per heavy atom. The highest BCUT2D eigenvalue weighted by Gasteiger charge is 2.36. The summed E-state index contributed by atoms with van der Waals surface area (Å²) in [7, 11) is 0.977. The molecule has 1 unspecified atom stereocenters. The maximum absolute atomic E-state index is 12.6. The molecule has 0 aliphatic heterocycles. The van der Waals surface area contributed by atoms with Crippen molar-refractivity contribution in [3.8, 4) is 11.5 Å². The molecule has 0 heterocycles. The van der Waals surface area contributed by atoms with Crippen LogP contribution in [0.5, 0.6) is 11.5 Å². The van der Waals surface area contributed by atoms with Crippen molar-refractivity contribution in [3.63, 3.8) is 0 Å². The third-order valence-corrected chi connectivity index (χ3v) is 2.48. The zero-order valence-electron chi connectivity index (χ0n) is 9.86. The summed E-state index contributed by atoms with van der Waals surface area (Å²) in [4.78, 5) is 10.6. The lowest BCUT2D eigenvalue weighted by Crippen LogP contribution is -2.32. The van der Waals surface area contributed by atoms with Gasteiger partial charge in [0.1, 0.15) is 11.6 Å². The number of carboxylic acid groups (broad SMARTS) is 1. The Kier molecular flexibility index (Phi) is 4.25. The van der Waals surface area contributed by atoms with Crippen LogP contribution < -0.4 is 10.5 Å². The van der Waals surface area contributed by atoms with E-state index in [1.165, 1.54) is 0 Å². The van der Waals surface area contributed by atoms with Gasteiger partial charge >= 0.3 is 12.1 Å². The Hall–Kier alpha value is -1.96. The molecule has 4 N–H and O–H groups in total. The fraction of sp³-hybridized carbons (Fsp3) is 0.364. The van der Waals surface area contributed by atoms with E-state index in [1.54, 1.807) is 0 Å². The molecule has 0 bridgehead atoms. The third-order valence-electron chi connectivity index (χ3n) is 2.48. The summed E-state index contributed by atoms with van der Waals surface area (Å²) in [5, 5.41) is 18.3. The van der Waals surface area contributed by atoms with Gasteiger partial charge in [-0.1, -0.05) is 6.07 Å². The van der Waals surface area contributed by atoms with Crippen molar-refractivity contribution in [1.82, 2.24) is 0 Å². The fourth-order valence-electron chi connectivity index (χ4n) is 1.53. The van der Waals surface area contributed by atoms with Gasteiger partial charge in [-0.15, -0.1) is 0 Å². The predicted molar refractivity (Wildman–Crippen MR) is 59.0 cm³/mol. The summed E-state index contributed by atoms with van der Waals surface area (Å²) in [6, 6.07) is 0.360. The number of aromatic hydroxyl groups is 1. The molecule has 1 rings (SSSR count). The van der Waals surface area contributed by atoms with E-state index in [1.807, 2.05) is 0 Å². The largest absolute Gasteiger partial charge is 0.504 e. The number of rotatable bonds is 4. The first-order valence-electron chi connectivity index (χ1n) is 5.13. The fourth-order valence-corrected chi connectivity index (χ4v) is 1.53. The summed E-state index contributed by atoms with van der Waals surface area (Å²) >= 11 is 0. The molecular formula is C11H12F3NO4. The molecule has 1 atom stereocenters. The topological polar surface area (TPSA) is 92.8 Å². The van der Waals surface area contributed by atoms with Crippen molar-refractivity contribution in [3.05, 3.63) is 23.3 Å². The SMILES string of the molecule is COc1c(C(F)(F)F)ccc(CC(N)C(=O)O)c1O. The first-order valence-corrected chi connectivity index (χ1v) is 5.13. The molecule has 0 radical (unpaired) electrons. The Bertz CT molecular complexity index is 488. The number of carbonyl (C=O) groups is 1. The summed E-state index contributed by atoms with van der Waals surface area (Å²) in [6.45, 7) is 0. The maximum atomic E-state index is 12.6. The minimum absolute atomic E-state index is 0.0280. The van der Waals surface area contributed by atoms with Gasteiger partial charge in [-0.2, -0.15) is 13.2 Å². The first kappa shape index (κ1) is 15.1. The van der Waals surface area contributed by atoms with Crippen LogP contribution in [-0.2, 0) is 17.4 Å². The highest BCUT2D eigenvalue weighted by molar-refractivity contribution is 5.74. The van der Waals surface area contributed by atoms with Gasteiger partial charge in [0, 0.05) is 6.42 Å². The van der Waals surface area contributed by atoms with Crippen LogP contribution in [-0.4, -0.2) is 29.3 Å². The third kappa shape index (κ3) is 3.28. The number of benzene rings is 1. The first-order chi connectivity index (χ1) is 8.68. The van der Waals surface area contributed by atoms with Gasteiger partial charge in [0.05, 0.1) is 7.11 Å². The van der Waals surface area contributed by atoms with E-state index in [0.717, 1.165) is 13.2 Å². The normalized spacial score (nSPS) is 13.1. The molecule has 0 spiro atoms. The zero-order chi connectivity index (χ0) is 14.8. The minimum Gasteiger partial charge on any atom is -0.504 e. The second kappa shape index (κ2) is 5.35. The van der Waals surface area contributed by atoms with Crippen molar-refractivity contribution < 1.29 is 32.9 Å². The van der Waals surface area contributed by atoms with Gasteiger partial charge in [0.2, 0.25) is 0 Å². The minimum atomic E-state index is -4.68. The zero-order valence-corrected chi connectivity index (χ0v) is 9.86. The molecule has 106 valence electrons. The Balaban J connectivity index is 3.22. The highest BCUT2D eigenvalue weighted by Crippen LogP contribution is 2.42. The van der Waals surface area contributed by atoms with E-state index in [9.17, 15) is 23.1 Å². The van der Waals surface area contributed by atoms with Gasteiger partial charge in [-0.25, -0.2) is 0 Å². The van der Waals surface area contributed by atoms with E-state index < -0.39 is 35.2 Å². The number of aliphatic carboxylic acids is 1. The van der Waals surface area contributed by atoms with Crippen molar-refractivity contribution >= 4 is 5.97 Å².